The number of carbonyl (C=O) groups is 1. The number of fused-ring (bicyclic) bond motifs is 3. The van der Waals surface area contributed by atoms with E-state index in [1.165, 1.54) is 12.1 Å². The van der Waals surface area contributed by atoms with Gasteiger partial charge < -0.3 is 20.9 Å². The maximum Gasteiger partial charge on any atom is 0.326 e. The molecule has 4 rings (SSSR count). The third-order valence-electron chi connectivity index (χ3n) is 5.02. The Bertz CT molecular complexity index is 1050. The van der Waals surface area contributed by atoms with Gasteiger partial charge in [0.2, 0.25) is 0 Å². The fourth-order valence-corrected chi connectivity index (χ4v) is 3.77. The van der Waals surface area contributed by atoms with E-state index < -0.39 is 23.7 Å². The predicted molar refractivity (Wildman–Crippen MR) is 105 cm³/mol. The van der Waals surface area contributed by atoms with Crippen LogP contribution >= 0.6 is 0 Å². The Morgan fingerprint density at radius 1 is 1.29 bits per heavy atom. The molecule has 7 heteroatoms. The van der Waals surface area contributed by atoms with Gasteiger partial charge in [0, 0.05) is 29.0 Å². The van der Waals surface area contributed by atoms with Crippen LogP contribution in [0.2, 0.25) is 0 Å². The minimum atomic E-state index is -1.01. The van der Waals surface area contributed by atoms with Gasteiger partial charge in [-0.05, 0) is 49.4 Å². The Morgan fingerprint density at radius 3 is 2.68 bits per heavy atom. The van der Waals surface area contributed by atoms with Gasteiger partial charge in [-0.25, -0.2) is 14.2 Å². The lowest BCUT2D eigenvalue weighted by molar-refractivity contribution is -0.138. The van der Waals surface area contributed by atoms with Crippen molar-refractivity contribution in [1.82, 2.24) is 4.98 Å². The van der Waals surface area contributed by atoms with E-state index in [4.69, 9.17) is 15.5 Å². The lowest BCUT2D eigenvalue weighted by atomic mass is 9.90. The number of aromatic nitrogens is 1. The molecule has 0 bridgehead atoms. The van der Waals surface area contributed by atoms with Gasteiger partial charge in [-0.3, -0.25) is 0 Å². The summed E-state index contributed by atoms with van der Waals surface area (Å²) in [7, 11) is 0. The second kappa shape index (κ2) is 7.09. The molecule has 4 N–H and O–H groups in total. The van der Waals surface area contributed by atoms with Crippen LogP contribution in [0.4, 0.5) is 10.1 Å². The zero-order valence-electron chi connectivity index (χ0n) is 15.3. The van der Waals surface area contributed by atoms with Crippen LogP contribution in [0.1, 0.15) is 18.4 Å². The van der Waals surface area contributed by atoms with Crippen molar-refractivity contribution in [3.63, 3.8) is 0 Å². The van der Waals surface area contributed by atoms with Crippen molar-refractivity contribution in [3.05, 3.63) is 53.8 Å². The minimum Gasteiger partial charge on any atom is -0.494 e. The van der Waals surface area contributed by atoms with Gasteiger partial charge in [-0.2, -0.15) is 0 Å². The van der Waals surface area contributed by atoms with E-state index in [0.717, 1.165) is 11.3 Å². The number of halogens is 1. The summed E-state index contributed by atoms with van der Waals surface area (Å²) in [4.78, 5) is 16.5. The molecule has 28 heavy (non-hydrogen) atoms. The van der Waals surface area contributed by atoms with Gasteiger partial charge in [0.05, 0.1) is 23.5 Å². The zero-order valence-corrected chi connectivity index (χ0v) is 15.3. The topological polar surface area (TPSA) is 97.5 Å². The molecule has 0 saturated carbocycles. The van der Waals surface area contributed by atoms with Crippen LogP contribution in [0.25, 0.3) is 22.2 Å². The fourth-order valence-electron chi connectivity index (χ4n) is 3.77. The first-order chi connectivity index (χ1) is 13.5. The Labute approximate surface area is 161 Å². The van der Waals surface area contributed by atoms with Gasteiger partial charge in [0.25, 0.3) is 0 Å². The van der Waals surface area contributed by atoms with E-state index in [2.05, 4.69) is 5.32 Å². The third kappa shape index (κ3) is 2.93. The molecule has 2 atom stereocenters. The van der Waals surface area contributed by atoms with Crippen molar-refractivity contribution in [2.75, 3.05) is 18.5 Å². The number of carboxylic acids is 1. The van der Waals surface area contributed by atoms with E-state index in [1.54, 1.807) is 6.07 Å². The molecule has 1 aliphatic rings. The first kappa shape index (κ1) is 18.2. The number of pyridine rings is 1. The number of ether oxygens (including phenoxy) is 1. The average molecular weight is 381 g/mol. The summed E-state index contributed by atoms with van der Waals surface area (Å²) >= 11 is 0. The first-order valence-corrected chi connectivity index (χ1v) is 9.09. The molecule has 2 heterocycles. The molecule has 0 fully saturated rings. The van der Waals surface area contributed by atoms with Crippen LogP contribution in [0, 0.1) is 5.82 Å². The molecular weight excluding hydrogens is 361 g/mol. The van der Waals surface area contributed by atoms with Crippen LogP contribution < -0.4 is 15.8 Å². The standard InChI is InChI=1S/C21H20FN3O3/c1-2-28-13-6-3-11(4-7-13)18-17-15(10-23)20(21(26)27)25-19(17)14-9-12(22)5-8-16(14)24-18/h3-9,15,20,25H,2,10,23H2,1H3,(H,26,27). The Hall–Kier alpha value is -3.19. The largest absolute Gasteiger partial charge is 0.494 e. The number of hydrogen-bond acceptors (Lipinski definition) is 5. The normalized spacial score (nSPS) is 18.0. The molecule has 3 aromatic rings. The highest BCUT2D eigenvalue weighted by Gasteiger charge is 2.39. The Kier molecular flexibility index (Phi) is 4.60. The Morgan fingerprint density at radius 2 is 2.04 bits per heavy atom. The number of nitrogens with two attached hydrogens (primary N) is 1. The van der Waals surface area contributed by atoms with E-state index in [-0.39, 0.29) is 6.54 Å². The second-order valence-corrected chi connectivity index (χ2v) is 6.67. The van der Waals surface area contributed by atoms with Gasteiger partial charge in [0.15, 0.2) is 0 Å². The van der Waals surface area contributed by atoms with Gasteiger partial charge >= 0.3 is 5.97 Å². The summed E-state index contributed by atoms with van der Waals surface area (Å²) < 4.78 is 19.4. The number of aliphatic carboxylic acids is 1. The van der Waals surface area contributed by atoms with E-state index >= 15 is 0 Å². The predicted octanol–water partition coefficient (Wildman–Crippen LogP) is 3.36. The number of benzene rings is 2. The van der Waals surface area contributed by atoms with E-state index in [1.807, 2.05) is 31.2 Å². The number of hydrogen-bond donors (Lipinski definition) is 3. The lowest BCUT2D eigenvalue weighted by Crippen LogP contribution is -2.34. The van der Waals surface area contributed by atoms with Crippen LogP contribution in [0.3, 0.4) is 0 Å². The molecule has 6 nitrogen and oxygen atoms in total. The van der Waals surface area contributed by atoms with Gasteiger partial charge in [-0.1, -0.05) is 0 Å². The summed E-state index contributed by atoms with van der Waals surface area (Å²) in [6, 6.07) is 10.9. The highest BCUT2D eigenvalue weighted by Crippen LogP contribution is 2.45. The van der Waals surface area contributed by atoms with Crippen molar-refractivity contribution in [2.24, 2.45) is 5.73 Å². The molecule has 144 valence electrons. The number of nitrogens with zero attached hydrogens (tertiary/aromatic N) is 1. The van der Waals surface area contributed by atoms with Crippen molar-refractivity contribution in [2.45, 2.75) is 18.9 Å². The lowest BCUT2D eigenvalue weighted by Gasteiger charge is -2.16. The molecule has 0 amide bonds. The molecule has 1 aliphatic heterocycles. The summed E-state index contributed by atoms with van der Waals surface area (Å²) in [6.07, 6.45) is 0. The van der Waals surface area contributed by atoms with Crippen molar-refractivity contribution in [1.29, 1.82) is 0 Å². The number of anilines is 1. The average Bonchev–Trinajstić information content (AvgIpc) is 3.09. The van der Waals surface area contributed by atoms with E-state index in [0.29, 0.717) is 34.5 Å². The molecule has 0 aliphatic carbocycles. The molecule has 2 aromatic carbocycles. The smallest absolute Gasteiger partial charge is 0.326 e. The summed E-state index contributed by atoms with van der Waals surface area (Å²) in [5.41, 5.74) is 9.26. The van der Waals surface area contributed by atoms with Crippen LogP contribution in [-0.2, 0) is 4.79 Å². The number of rotatable bonds is 5. The molecule has 0 radical (unpaired) electrons. The van der Waals surface area contributed by atoms with Crippen LogP contribution in [0.5, 0.6) is 5.75 Å². The third-order valence-corrected chi connectivity index (χ3v) is 5.02. The molecular formula is C21H20FN3O3. The van der Waals surface area contributed by atoms with Crippen molar-refractivity contribution in [3.8, 4) is 17.0 Å². The zero-order chi connectivity index (χ0) is 19.8. The number of nitrogens with one attached hydrogen (secondary N) is 1. The van der Waals surface area contributed by atoms with Crippen LogP contribution in [-0.4, -0.2) is 35.3 Å². The van der Waals surface area contributed by atoms with Crippen molar-refractivity contribution < 1.29 is 19.0 Å². The van der Waals surface area contributed by atoms with E-state index in [9.17, 15) is 14.3 Å². The highest BCUT2D eigenvalue weighted by atomic mass is 19.1. The summed E-state index contributed by atoms with van der Waals surface area (Å²) in [6.45, 7) is 2.60. The maximum absolute atomic E-state index is 13.9. The molecule has 2 unspecified atom stereocenters. The van der Waals surface area contributed by atoms with Crippen molar-refractivity contribution >= 4 is 22.6 Å². The summed E-state index contributed by atoms with van der Waals surface area (Å²) in [5.74, 6) is -1.15. The highest BCUT2D eigenvalue weighted by molar-refractivity contribution is 6.01. The Balaban J connectivity index is 1.96. The van der Waals surface area contributed by atoms with Gasteiger partial charge in [-0.15, -0.1) is 0 Å². The van der Waals surface area contributed by atoms with Gasteiger partial charge in [0.1, 0.15) is 17.6 Å². The fraction of sp³-hybridized carbons (Fsp3) is 0.238. The SMILES string of the molecule is CCOc1ccc(-c2nc3ccc(F)cc3c3c2C(CN)C(C(=O)O)N3)cc1. The molecule has 0 saturated heterocycles. The monoisotopic (exact) mass is 381 g/mol. The maximum atomic E-state index is 13.9. The molecule has 0 spiro atoms. The minimum absolute atomic E-state index is 0.128. The molecule has 1 aromatic heterocycles. The summed E-state index contributed by atoms with van der Waals surface area (Å²) in [5, 5.41) is 13.2. The number of carboxylic acid groups (broad SMARTS) is 1. The van der Waals surface area contributed by atoms with Crippen LogP contribution in [0.15, 0.2) is 42.5 Å². The quantitative estimate of drug-likeness (QED) is 0.627. The first-order valence-electron chi connectivity index (χ1n) is 9.09. The second-order valence-electron chi connectivity index (χ2n) is 6.67.